The van der Waals surface area contributed by atoms with E-state index in [1.807, 2.05) is 0 Å². The Morgan fingerprint density at radius 3 is 2.68 bits per heavy atom. The van der Waals surface area contributed by atoms with Gasteiger partial charge < -0.3 is 5.32 Å². The molecule has 0 spiro atoms. The van der Waals surface area contributed by atoms with Gasteiger partial charge in [-0.1, -0.05) is 15.9 Å². The number of carbonyl (C=O) groups is 1. The molecule has 1 aromatic heterocycles. The van der Waals surface area contributed by atoms with Crippen molar-refractivity contribution in [3.63, 3.8) is 0 Å². The van der Waals surface area contributed by atoms with Crippen LogP contribution < -0.4 is 5.32 Å². The first-order valence-electron chi connectivity index (χ1n) is 5.37. The molecule has 19 heavy (non-hydrogen) atoms. The molecule has 0 unspecified atom stereocenters. The molecule has 0 radical (unpaired) electrons. The van der Waals surface area contributed by atoms with E-state index in [-0.39, 0.29) is 5.56 Å². The van der Waals surface area contributed by atoms with Gasteiger partial charge in [-0.2, -0.15) is 0 Å². The minimum atomic E-state index is -0.575. The summed E-state index contributed by atoms with van der Waals surface area (Å²) in [6, 6.07) is 7.61. The fourth-order valence-corrected chi connectivity index (χ4v) is 2.05. The second-order valence-corrected chi connectivity index (χ2v) is 5.61. The fraction of sp³-hybridized carbons (Fsp3) is 0.0769. The lowest BCUT2D eigenvalue weighted by Crippen LogP contribution is -2.15. The van der Waals surface area contributed by atoms with E-state index in [0.29, 0.717) is 10.3 Å². The van der Waals surface area contributed by atoms with E-state index in [9.17, 15) is 9.18 Å². The van der Waals surface area contributed by atoms with Gasteiger partial charge in [0, 0.05) is 8.95 Å². The number of hydrogen-bond donors (Lipinski definition) is 1. The number of carbonyl (C=O) groups excluding carboxylic acids is 1. The van der Waals surface area contributed by atoms with Crippen molar-refractivity contribution in [3.05, 3.63) is 56.4 Å². The lowest BCUT2D eigenvalue weighted by atomic mass is 10.2. The number of nitrogens with one attached hydrogen (secondary N) is 1. The van der Waals surface area contributed by atoms with E-state index < -0.39 is 11.7 Å². The second kappa shape index (κ2) is 5.79. The third-order valence-corrected chi connectivity index (χ3v) is 3.77. The normalized spacial score (nSPS) is 10.3. The number of halogens is 3. The molecule has 0 fully saturated rings. The first-order valence-corrected chi connectivity index (χ1v) is 6.95. The number of aromatic nitrogens is 1. The zero-order chi connectivity index (χ0) is 14.0. The summed E-state index contributed by atoms with van der Waals surface area (Å²) in [5, 5.41) is 2.56. The highest BCUT2D eigenvalue weighted by Crippen LogP contribution is 2.19. The minimum Gasteiger partial charge on any atom is -0.306 e. The maximum absolute atomic E-state index is 13.6. The van der Waals surface area contributed by atoms with Gasteiger partial charge in [-0.3, -0.25) is 4.79 Å². The zero-order valence-electron chi connectivity index (χ0n) is 9.88. The van der Waals surface area contributed by atoms with Gasteiger partial charge in [0.15, 0.2) is 0 Å². The molecule has 0 bridgehead atoms. The first-order chi connectivity index (χ1) is 8.97. The van der Waals surface area contributed by atoms with Crippen molar-refractivity contribution in [2.45, 2.75) is 6.92 Å². The number of nitrogens with zero attached hydrogens (tertiary/aromatic N) is 1. The van der Waals surface area contributed by atoms with E-state index in [0.717, 1.165) is 10.2 Å². The molecule has 1 aromatic carbocycles. The Morgan fingerprint density at radius 2 is 2.00 bits per heavy atom. The fourth-order valence-electron chi connectivity index (χ4n) is 1.47. The van der Waals surface area contributed by atoms with Crippen LogP contribution in [0.1, 0.15) is 16.1 Å². The van der Waals surface area contributed by atoms with Crippen LogP contribution in [0.15, 0.2) is 39.3 Å². The van der Waals surface area contributed by atoms with Crippen molar-refractivity contribution < 1.29 is 9.18 Å². The molecule has 2 rings (SSSR count). The van der Waals surface area contributed by atoms with Gasteiger partial charge in [0.2, 0.25) is 0 Å². The van der Waals surface area contributed by atoms with E-state index in [2.05, 4.69) is 42.2 Å². The molecule has 0 aliphatic carbocycles. The quantitative estimate of drug-likeness (QED) is 0.834. The van der Waals surface area contributed by atoms with Gasteiger partial charge in [-0.15, -0.1) is 0 Å². The second-order valence-electron chi connectivity index (χ2n) is 3.84. The SMILES string of the molecule is Cc1nc(NC(=O)c2cc(Br)ccc2F)ccc1Br. The van der Waals surface area contributed by atoms with Gasteiger partial charge in [0.25, 0.3) is 5.91 Å². The summed E-state index contributed by atoms with van der Waals surface area (Å²) in [5.41, 5.74) is 0.712. The summed E-state index contributed by atoms with van der Waals surface area (Å²) in [6.07, 6.45) is 0. The van der Waals surface area contributed by atoms with Crippen LogP contribution in [0.25, 0.3) is 0 Å². The van der Waals surface area contributed by atoms with Gasteiger partial charge in [-0.05, 0) is 53.2 Å². The molecule has 98 valence electrons. The number of hydrogen-bond acceptors (Lipinski definition) is 2. The van der Waals surface area contributed by atoms with Crippen LogP contribution >= 0.6 is 31.9 Å². The monoisotopic (exact) mass is 386 g/mol. The predicted octanol–water partition coefficient (Wildman–Crippen LogP) is 4.31. The zero-order valence-corrected chi connectivity index (χ0v) is 13.0. The molecule has 1 amide bonds. The number of anilines is 1. The van der Waals surface area contributed by atoms with Crippen molar-refractivity contribution in [1.29, 1.82) is 0 Å². The third kappa shape index (κ3) is 3.39. The molecular weight excluding hydrogens is 379 g/mol. The molecule has 0 saturated carbocycles. The summed E-state index contributed by atoms with van der Waals surface area (Å²) >= 11 is 6.52. The summed E-state index contributed by atoms with van der Waals surface area (Å²) in [6.45, 7) is 1.80. The maximum atomic E-state index is 13.6. The Morgan fingerprint density at radius 1 is 1.26 bits per heavy atom. The maximum Gasteiger partial charge on any atom is 0.259 e. The van der Waals surface area contributed by atoms with Crippen molar-refractivity contribution >= 4 is 43.6 Å². The minimum absolute atomic E-state index is 0.0308. The van der Waals surface area contributed by atoms with Crippen LogP contribution in [0.4, 0.5) is 10.2 Å². The number of pyridine rings is 1. The lowest BCUT2D eigenvalue weighted by molar-refractivity contribution is 0.102. The smallest absolute Gasteiger partial charge is 0.259 e. The Bertz CT molecular complexity index is 647. The summed E-state index contributed by atoms with van der Waals surface area (Å²) in [7, 11) is 0. The molecule has 1 N–H and O–H groups in total. The average molecular weight is 388 g/mol. The molecule has 1 heterocycles. The molecule has 2 aromatic rings. The average Bonchev–Trinajstić information content (AvgIpc) is 2.36. The van der Waals surface area contributed by atoms with Gasteiger partial charge in [0.05, 0.1) is 11.3 Å². The lowest BCUT2D eigenvalue weighted by Gasteiger charge is -2.07. The first kappa shape index (κ1) is 14.1. The number of aryl methyl sites for hydroxylation is 1. The Hall–Kier alpha value is -1.27. The van der Waals surface area contributed by atoms with Crippen LogP contribution in [0.2, 0.25) is 0 Å². The highest BCUT2D eigenvalue weighted by atomic mass is 79.9. The summed E-state index contributed by atoms with van der Waals surface area (Å²) in [5.74, 6) is -0.729. The van der Waals surface area contributed by atoms with E-state index in [1.165, 1.54) is 18.2 Å². The van der Waals surface area contributed by atoms with Crippen LogP contribution in [0.5, 0.6) is 0 Å². The molecular formula is C13H9Br2FN2O. The van der Waals surface area contributed by atoms with Crippen molar-refractivity contribution in [3.8, 4) is 0 Å². The molecule has 0 atom stereocenters. The Labute approximate surface area is 126 Å². The predicted molar refractivity (Wildman–Crippen MR) is 78.7 cm³/mol. The van der Waals surface area contributed by atoms with Gasteiger partial charge in [-0.25, -0.2) is 9.37 Å². The van der Waals surface area contributed by atoms with Gasteiger partial charge >= 0.3 is 0 Å². The standard InChI is InChI=1S/C13H9Br2FN2O/c1-7-10(15)3-5-12(17-7)18-13(19)9-6-8(14)2-4-11(9)16/h2-6H,1H3,(H,17,18,19). The highest BCUT2D eigenvalue weighted by Gasteiger charge is 2.13. The van der Waals surface area contributed by atoms with Crippen LogP contribution in [0, 0.1) is 12.7 Å². The third-order valence-electron chi connectivity index (χ3n) is 2.44. The van der Waals surface area contributed by atoms with Crippen LogP contribution in [0.3, 0.4) is 0 Å². The molecule has 0 saturated heterocycles. The number of amides is 1. The highest BCUT2D eigenvalue weighted by molar-refractivity contribution is 9.10. The van der Waals surface area contributed by atoms with Crippen LogP contribution in [-0.4, -0.2) is 10.9 Å². The largest absolute Gasteiger partial charge is 0.306 e. The summed E-state index contributed by atoms with van der Waals surface area (Å²) in [4.78, 5) is 16.1. The molecule has 0 aliphatic heterocycles. The number of benzene rings is 1. The Balaban J connectivity index is 2.25. The van der Waals surface area contributed by atoms with Crippen LogP contribution in [-0.2, 0) is 0 Å². The molecule has 3 nitrogen and oxygen atoms in total. The number of rotatable bonds is 2. The van der Waals surface area contributed by atoms with E-state index in [4.69, 9.17) is 0 Å². The topological polar surface area (TPSA) is 42.0 Å². The van der Waals surface area contributed by atoms with E-state index >= 15 is 0 Å². The summed E-state index contributed by atoms with van der Waals surface area (Å²) < 4.78 is 15.0. The molecule has 0 aliphatic rings. The Kier molecular flexibility index (Phi) is 4.31. The van der Waals surface area contributed by atoms with Gasteiger partial charge in [0.1, 0.15) is 11.6 Å². The van der Waals surface area contributed by atoms with Crippen molar-refractivity contribution in [2.75, 3.05) is 5.32 Å². The van der Waals surface area contributed by atoms with E-state index in [1.54, 1.807) is 19.1 Å². The molecule has 6 heteroatoms. The van der Waals surface area contributed by atoms with Crippen molar-refractivity contribution in [1.82, 2.24) is 4.98 Å². The van der Waals surface area contributed by atoms with Crippen molar-refractivity contribution in [2.24, 2.45) is 0 Å².